The molecule has 6 nitrogen and oxygen atoms in total. The summed E-state index contributed by atoms with van der Waals surface area (Å²) in [4.78, 5) is 25.8. The van der Waals surface area contributed by atoms with Crippen LogP contribution in [0.25, 0.3) is 0 Å². The Morgan fingerprint density at radius 3 is 2.64 bits per heavy atom. The fourth-order valence-electron chi connectivity index (χ4n) is 0.948. The molecule has 0 aliphatic rings. The molecule has 1 amide bonds. The van der Waals surface area contributed by atoms with Crippen LogP contribution in [0.3, 0.4) is 0 Å². The van der Waals surface area contributed by atoms with E-state index in [4.69, 9.17) is 9.94 Å². The van der Waals surface area contributed by atoms with Gasteiger partial charge in [-0.05, 0) is 0 Å². The number of carboxylic acid groups (broad SMARTS) is 1. The predicted molar refractivity (Wildman–Crippen MR) is 49.8 cm³/mol. The van der Waals surface area contributed by atoms with Crippen LogP contribution in [0.2, 0.25) is 0 Å². The van der Waals surface area contributed by atoms with Crippen molar-refractivity contribution in [3.63, 3.8) is 0 Å². The summed E-state index contributed by atoms with van der Waals surface area (Å²) >= 11 is 0. The summed E-state index contributed by atoms with van der Waals surface area (Å²) < 4.78 is 0. The molecule has 0 fully saturated rings. The van der Waals surface area contributed by atoms with Crippen LogP contribution in [0.1, 0.15) is 6.92 Å². The van der Waals surface area contributed by atoms with E-state index in [1.54, 1.807) is 14.0 Å². The van der Waals surface area contributed by atoms with Gasteiger partial charge >= 0.3 is 6.09 Å². The van der Waals surface area contributed by atoms with E-state index in [1.807, 2.05) is 0 Å². The van der Waals surface area contributed by atoms with Gasteiger partial charge in [0.25, 0.3) is 0 Å². The van der Waals surface area contributed by atoms with Crippen molar-refractivity contribution >= 4 is 12.4 Å². The first-order valence-corrected chi connectivity index (χ1v) is 4.21. The molecule has 2 atom stereocenters. The number of nitrogens with one attached hydrogen (secondary N) is 1. The van der Waals surface area contributed by atoms with Gasteiger partial charge < -0.3 is 20.1 Å². The number of hydrogen-bond donors (Lipinski definition) is 2. The molecule has 0 bridgehead atoms. The van der Waals surface area contributed by atoms with E-state index in [-0.39, 0.29) is 5.92 Å². The Morgan fingerprint density at radius 2 is 2.29 bits per heavy atom. The summed E-state index contributed by atoms with van der Waals surface area (Å²) in [5.74, 6) is -0.385. The lowest BCUT2D eigenvalue weighted by atomic mass is 10.0. The molecule has 0 aromatic heterocycles. The van der Waals surface area contributed by atoms with Crippen molar-refractivity contribution in [2.75, 3.05) is 20.7 Å². The average Bonchev–Trinajstić information content (AvgIpc) is 2.14. The standard InChI is InChI=1S/C8H16N2O4/c1-6(5-11)7(9-8(12)13)4-10(2)14-3/h5-7,9H,4H2,1-3H3,(H,12,13). The molecule has 0 radical (unpaired) electrons. The van der Waals surface area contributed by atoms with E-state index in [1.165, 1.54) is 12.2 Å². The molecule has 14 heavy (non-hydrogen) atoms. The highest BCUT2D eigenvalue weighted by Gasteiger charge is 2.20. The number of carbonyl (C=O) groups is 2. The van der Waals surface area contributed by atoms with Gasteiger partial charge in [0.15, 0.2) is 0 Å². The van der Waals surface area contributed by atoms with Crippen LogP contribution >= 0.6 is 0 Å². The molecule has 2 unspecified atom stereocenters. The maximum absolute atomic E-state index is 10.5. The highest BCUT2D eigenvalue weighted by atomic mass is 16.7. The Labute approximate surface area is 82.8 Å². The zero-order valence-electron chi connectivity index (χ0n) is 8.56. The number of rotatable bonds is 6. The largest absolute Gasteiger partial charge is 0.465 e. The smallest absolute Gasteiger partial charge is 0.404 e. The third kappa shape index (κ3) is 4.78. The second-order valence-electron chi connectivity index (χ2n) is 3.04. The van der Waals surface area contributed by atoms with Gasteiger partial charge in [0.2, 0.25) is 0 Å². The maximum atomic E-state index is 10.5. The van der Waals surface area contributed by atoms with Crippen molar-refractivity contribution in [1.82, 2.24) is 10.4 Å². The molecular formula is C8H16N2O4. The average molecular weight is 204 g/mol. The first-order chi connectivity index (χ1) is 6.51. The van der Waals surface area contributed by atoms with Gasteiger partial charge in [0.05, 0.1) is 13.2 Å². The number of aldehydes is 1. The summed E-state index contributed by atoms with van der Waals surface area (Å²) in [5, 5.41) is 12.2. The molecule has 0 aliphatic carbocycles. The lowest BCUT2D eigenvalue weighted by Gasteiger charge is -2.24. The third-order valence-corrected chi connectivity index (χ3v) is 1.92. The zero-order valence-corrected chi connectivity index (χ0v) is 8.56. The van der Waals surface area contributed by atoms with E-state index in [0.717, 1.165) is 0 Å². The minimum Gasteiger partial charge on any atom is -0.465 e. The van der Waals surface area contributed by atoms with E-state index in [0.29, 0.717) is 12.8 Å². The Kier molecular flexibility index (Phi) is 5.82. The quantitative estimate of drug-likeness (QED) is 0.468. The monoisotopic (exact) mass is 204 g/mol. The third-order valence-electron chi connectivity index (χ3n) is 1.92. The van der Waals surface area contributed by atoms with E-state index in [2.05, 4.69) is 5.32 Å². The maximum Gasteiger partial charge on any atom is 0.404 e. The summed E-state index contributed by atoms with van der Waals surface area (Å²) in [6.07, 6.45) is -0.433. The van der Waals surface area contributed by atoms with E-state index in [9.17, 15) is 9.59 Å². The minimum atomic E-state index is -1.15. The van der Waals surface area contributed by atoms with Gasteiger partial charge in [-0.3, -0.25) is 0 Å². The molecule has 0 aromatic carbocycles. The van der Waals surface area contributed by atoms with Crippen molar-refractivity contribution in [2.45, 2.75) is 13.0 Å². The van der Waals surface area contributed by atoms with Crippen LogP contribution < -0.4 is 5.32 Å². The number of amides is 1. The Balaban J connectivity index is 4.23. The fourth-order valence-corrected chi connectivity index (χ4v) is 0.948. The first-order valence-electron chi connectivity index (χ1n) is 4.21. The Bertz CT molecular complexity index is 198. The second-order valence-corrected chi connectivity index (χ2v) is 3.04. The molecule has 2 N–H and O–H groups in total. The van der Waals surface area contributed by atoms with E-state index >= 15 is 0 Å². The van der Waals surface area contributed by atoms with E-state index < -0.39 is 12.1 Å². The topological polar surface area (TPSA) is 78.9 Å². The molecule has 0 heterocycles. The van der Waals surface area contributed by atoms with Crippen LogP contribution in [0.5, 0.6) is 0 Å². The molecule has 0 saturated heterocycles. The Hall–Kier alpha value is -1.14. The minimum absolute atomic E-state index is 0.322. The van der Waals surface area contributed by atoms with Gasteiger partial charge in [-0.2, -0.15) is 5.06 Å². The van der Waals surface area contributed by atoms with Gasteiger partial charge in [0, 0.05) is 19.5 Å². The number of carbonyl (C=O) groups excluding carboxylic acids is 1. The summed E-state index contributed by atoms with van der Waals surface area (Å²) in [5.41, 5.74) is 0. The first kappa shape index (κ1) is 12.9. The SMILES string of the molecule is CON(C)CC(NC(=O)O)C(C)C=O. The number of likely N-dealkylation sites (N-methyl/N-ethyl adjacent to an activating group) is 1. The highest BCUT2D eigenvalue weighted by Crippen LogP contribution is 2.01. The van der Waals surface area contributed by atoms with Crippen LogP contribution in [0.4, 0.5) is 4.79 Å². The number of nitrogens with zero attached hydrogens (tertiary/aromatic N) is 1. The highest BCUT2D eigenvalue weighted by molar-refractivity contribution is 5.66. The van der Waals surface area contributed by atoms with Gasteiger partial charge in [-0.1, -0.05) is 6.92 Å². The van der Waals surface area contributed by atoms with Crippen LogP contribution in [-0.4, -0.2) is 49.3 Å². The van der Waals surface area contributed by atoms with Crippen molar-refractivity contribution in [1.29, 1.82) is 0 Å². The lowest BCUT2D eigenvalue weighted by Crippen LogP contribution is -2.46. The second kappa shape index (κ2) is 6.33. The lowest BCUT2D eigenvalue weighted by molar-refractivity contribution is -0.122. The number of hydrogen-bond acceptors (Lipinski definition) is 4. The summed E-state index contributed by atoms with van der Waals surface area (Å²) in [6, 6.07) is -0.463. The molecule has 0 rings (SSSR count). The molecule has 0 saturated carbocycles. The van der Waals surface area contributed by atoms with Gasteiger partial charge in [-0.15, -0.1) is 0 Å². The van der Waals surface area contributed by atoms with Crippen LogP contribution in [-0.2, 0) is 9.63 Å². The van der Waals surface area contributed by atoms with Crippen LogP contribution in [0.15, 0.2) is 0 Å². The fraction of sp³-hybridized carbons (Fsp3) is 0.750. The van der Waals surface area contributed by atoms with Gasteiger partial charge in [-0.25, -0.2) is 4.79 Å². The zero-order chi connectivity index (χ0) is 11.1. The summed E-state index contributed by atoms with van der Waals surface area (Å²) in [7, 11) is 3.14. The normalized spacial score (nSPS) is 14.9. The summed E-state index contributed by atoms with van der Waals surface area (Å²) in [6.45, 7) is 1.97. The molecule has 0 spiro atoms. The van der Waals surface area contributed by atoms with Crippen molar-refractivity contribution in [3.8, 4) is 0 Å². The molecule has 82 valence electrons. The van der Waals surface area contributed by atoms with Crippen molar-refractivity contribution in [3.05, 3.63) is 0 Å². The van der Waals surface area contributed by atoms with Crippen molar-refractivity contribution in [2.24, 2.45) is 5.92 Å². The van der Waals surface area contributed by atoms with Gasteiger partial charge in [0.1, 0.15) is 6.29 Å². The predicted octanol–water partition coefficient (Wildman–Crippen LogP) is -0.0492. The van der Waals surface area contributed by atoms with Crippen molar-refractivity contribution < 1.29 is 19.5 Å². The molecule has 0 aliphatic heterocycles. The number of hydroxylamine groups is 2. The molecule has 0 aromatic rings. The molecular weight excluding hydrogens is 188 g/mol. The van der Waals surface area contributed by atoms with Crippen LogP contribution in [0, 0.1) is 5.92 Å². The molecule has 6 heteroatoms. The Morgan fingerprint density at radius 1 is 1.71 bits per heavy atom.